The van der Waals surface area contributed by atoms with E-state index in [1.807, 2.05) is 25.1 Å². The summed E-state index contributed by atoms with van der Waals surface area (Å²) in [6, 6.07) is 19.9. The van der Waals surface area contributed by atoms with Gasteiger partial charge in [0.2, 0.25) is 0 Å². The fourth-order valence-corrected chi connectivity index (χ4v) is 3.99. The highest BCUT2D eigenvalue weighted by Gasteiger charge is 2.17. The molecule has 0 heterocycles. The minimum atomic E-state index is -3.89. The van der Waals surface area contributed by atoms with Crippen LogP contribution in [-0.2, 0) is 16.4 Å². The lowest BCUT2D eigenvalue weighted by Crippen LogP contribution is -2.16. The number of carbonyl (C=O) groups excluding carboxylic acids is 1. The average molecular weight is 415 g/mol. The number of anilines is 2. The molecule has 28 heavy (non-hydrogen) atoms. The highest BCUT2D eigenvalue weighted by atomic mass is 35.5. The fourth-order valence-electron chi connectivity index (χ4n) is 2.62. The number of hydrogen-bond donors (Lipinski definition) is 2. The summed E-state index contributed by atoms with van der Waals surface area (Å²) in [4.78, 5) is 12.5. The van der Waals surface area contributed by atoms with Crippen molar-refractivity contribution in [2.45, 2.75) is 18.2 Å². The quantitative estimate of drug-likeness (QED) is 0.598. The number of halogens is 1. The van der Waals surface area contributed by atoms with Gasteiger partial charge < -0.3 is 5.32 Å². The Kier molecular flexibility index (Phi) is 6.02. The lowest BCUT2D eigenvalue weighted by Gasteiger charge is -2.11. The molecule has 0 aliphatic rings. The number of hydrogen-bond acceptors (Lipinski definition) is 3. The molecule has 1 amide bonds. The third-order valence-electron chi connectivity index (χ3n) is 4.12. The predicted molar refractivity (Wildman–Crippen MR) is 112 cm³/mol. The molecule has 7 heteroatoms. The molecule has 3 rings (SSSR count). The number of para-hydroxylation sites is 1. The van der Waals surface area contributed by atoms with Crippen molar-refractivity contribution in [2.75, 3.05) is 10.0 Å². The number of rotatable bonds is 6. The van der Waals surface area contributed by atoms with E-state index in [-0.39, 0.29) is 27.1 Å². The molecule has 0 saturated carbocycles. The Balaban J connectivity index is 1.83. The van der Waals surface area contributed by atoms with Gasteiger partial charge in [0, 0.05) is 11.3 Å². The van der Waals surface area contributed by atoms with E-state index in [1.165, 1.54) is 18.2 Å². The van der Waals surface area contributed by atoms with E-state index in [0.717, 1.165) is 12.0 Å². The molecule has 144 valence electrons. The van der Waals surface area contributed by atoms with Gasteiger partial charge in [-0.3, -0.25) is 9.52 Å². The zero-order valence-corrected chi connectivity index (χ0v) is 16.7. The summed E-state index contributed by atoms with van der Waals surface area (Å²) in [6.45, 7) is 2.03. The molecule has 3 aromatic carbocycles. The van der Waals surface area contributed by atoms with Gasteiger partial charge in [-0.25, -0.2) is 8.42 Å². The van der Waals surface area contributed by atoms with Crippen molar-refractivity contribution in [3.63, 3.8) is 0 Å². The summed E-state index contributed by atoms with van der Waals surface area (Å²) < 4.78 is 27.8. The SMILES string of the molecule is CCc1cccc(NC(=O)c2cccc(S(=O)(=O)Nc3ccccc3Cl)c2)c1. The molecule has 0 fully saturated rings. The van der Waals surface area contributed by atoms with E-state index in [2.05, 4.69) is 10.0 Å². The highest BCUT2D eigenvalue weighted by Crippen LogP contribution is 2.24. The van der Waals surface area contributed by atoms with Gasteiger partial charge in [-0.05, 0) is 54.4 Å². The number of sulfonamides is 1. The molecule has 5 nitrogen and oxygen atoms in total. The first kappa shape index (κ1) is 19.9. The monoisotopic (exact) mass is 414 g/mol. The minimum Gasteiger partial charge on any atom is -0.322 e. The van der Waals surface area contributed by atoms with Crippen LogP contribution in [0.5, 0.6) is 0 Å². The molecule has 0 unspecified atom stereocenters. The van der Waals surface area contributed by atoms with Crippen molar-refractivity contribution >= 4 is 38.9 Å². The van der Waals surface area contributed by atoms with Crippen molar-refractivity contribution in [3.05, 3.63) is 88.9 Å². The summed E-state index contributed by atoms with van der Waals surface area (Å²) in [5.74, 6) is -0.386. The Bertz CT molecular complexity index is 1110. The van der Waals surface area contributed by atoms with E-state index in [9.17, 15) is 13.2 Å². The van der Waals surface area contributed by atoms with Gasteiger partial charge in [-0.15, -0.1) is 0 Å². The molecule has 0 atom stereocenters. The van der Waals surface area contributed by atoms with Gasteiger partial charge in [-0.1, -0.05) is 48.9 Å². The van der Waals surface area contributed by atoms with Crippen LogP contribution in [0.2, 0.25) is 5.02 Å². The third-order valence-corrected chi connectivity index (χ3v) is 5.81. The molecular formula is C21H19ClN2O3S. The lowest BCUT2D eigenvalue weighted by atomic mass is 10.1. The highest BCUT2D eigenvalue weighted by molar-refractivity contribution is 7.92. The Morgan fingerprint density at radius 1 is 0.964 bits per heavy atom. The zero-order chi connectivity index (χ0) is 20.1. The van der Waals surface area contributed by atoms with Crippen molar-refractivity contribution in [1.82, 2.24) is 0 Å². The molecule has 0 radical (unpaired) electrons. The predicted octanol–water partition coefficient (Wildman–Crippen LogP) is 4.96. The number of amides is 1. The van der Waals surface area contributed by atoms with Crippen molar-refractivity contribution < 1.29 is 13.2 Å². The third kappa shape index (κ3) is 4.71. The van der Waals surface area contributed by atoms with E-state index < -0.39 is 10.0 Å². The Morgan fingerprint density at radius 2 is 1.71 bits per heavy atom. The standard InChI is InChI=1S/C21H19ClN2O3S/c1-2-15-7-5-9-17(13-15)23-21(25)16-8-6-10-18(14-16)28(26,27)24-20-12-4-3-11-19(20)22/h3-14,24H,2H2,1H3,(H,23,25). The van der Waals surface area contributed by atoms with E-state index >= 15 is 0 Å². The van der Waals surface area contributed by atoms with Crippen LogP contribution in [0.25, 0.3) is 0 Å². The molecule has 0 bridgehead atoms. The fraction of sp³-hybridized carbons (Fsp3) is 0.0952. The first-order valence-corrected chi connectivity index (χ1v) is 10.5. The first-order valence-electron chi connectivity index (χ1n) is 8.67. The number of carbonyl (C=O) groups is 1. The van der Waals surface area contributed by atoms with Crippen LogP contribution in [0.1, 0.15) is 22.8 Å². The normalized spacial score (nSPS) is 11.1. The molecule has 0 aliphatic heterocycles. The topological polar surface area (TPSA) is 75.3 Å². The second-order valence-electron chi connectivity index (χ2n) is 6.12. The second kappa shape index (κ2) is 8.46. The summed E-state index contributed by atoms with van der Waals surface area (Å²) in [5.41, 5.74) is 2.27. The van der Waals surface area contributed by atoms with E-state index in [4.69, 9.17) is 11.6 Å². The molecule has 0 aromatic heterocycles. The molecule has 2 N–H and O–H groups in total. The van der Waals surface area contributed by atoms with Gasteiger partial charge in [0.1, 0.15) is 0 Å². The summed E-state index contributed by atoms with van der Waals surface area (Å²) >= 11 is 6.02. The summed E-state index contributed by atoms with van der Waals surface area (Å²) in [7, 11) is -3.89. The zero-order valence-electron chi connectivity index (χ0n) is 15.1. The number of aryl methyl sites for hydroxylation is 1. The van der Waals surface area contributed by atoms with Crippen LogP contribution in [-0.4, -0.2) is 14.3 Å². The van der Waals surface area contributed by atoms with Crippen LogP contribution < -0.4 is 10.0 Å². The minimum absolute atomic E-state index is 0.0256. The second-order valence-corrected chi connectivity index (χ2v) is 8.21. The smallest absolute Gasteiger partial charge is 0.261 e. The summed E-state index contributed by atoms with van der Waals surface area (Å²) in [6.07, 6.45) is 0.852. The van der Waals surface area contributed by atoms with Gasteiger partial charge in [-0.2, -0.15) is 0 Å². The Hall–Kier alpha value is -2.83. The Morgan fingerprint density at radius 3 is 2.46 bits per heavy atom. The van der Waals surface area contributed by atoms with Crippen LogP contribution >= 0.6 is 11.6 Å². The average Bonchev–Trinajstić information content (AvgIpc) is 2.70. The van der Waals surface area contributed by atoms with Crippen LogP contribution in [0, 0.1) is 0 Å². The van der Waals surface area contributed by atoms with Crippen LogP contribution in [0.3, 0.4) is 0 Å². The number of benzene rings is 3. The molecule has 0 saturated heterocycles. The van der Waals surface area contributed by atoms with E-state index in [0.29, 0.717) is 5.69 Å². The van der Waals surface area contributed by atoms with Gasteiger partial charge in [0.05, 0.1) is 15.6 Å². The summed E-state index contributed by atoms with van der Waals surface area (Å²) in [5, 5.41) is 3.08. The van der Waals surface area contributed by atoms with Crippen molar-refractivity contribution in [3.8, 4) is 0 Å². The molecule has 0 spiro atoms. The van der Waals surface area contributed by atoms with Crippen LogP contribution in [0.4, 0.5) is 11.4 Å². The maximum atomic E-state index is 12.7. The molecule has 0 aliphatic carbocycles. The van der Waals surface area contributed by atoms with Gasteiger partial charge in [0.25, 0.3) is 15.9 Å². The number of nitrogens with one attached hydrogen (secondary N) is 2. The molecular weight excluding hydrogens is 396 g/mol. The molecule has 3 aromatic rings. The maximum Gasteiger partial charge on any atom is 0.261 e. The lowest BCUT2D eigenvalue weighted by molar-refractivity contribution is 0.102. The van der Waals surface area contributed by atoms with Crippen molar-refractivity contribution in [2.24, 2.45) is 0 Å². The van der Waals surface area contributed by atoms with Gasteiger partial charge >= 0.3 is 0 Å². The Labute approximate surface area is 169 Å². The van der Waals surface area contributed by atoms with Crippen LogP contribution in [0.15, 0.2) is 77.7 Å². The van der Waals surface area contributed by atoms with Crippen molar-refractivity contribution in [1.29, 1.82) is 0 Å². The van der Waals surface area contributed by atoms with E-state index in [1.54, 1.807) is 36.4 Å². The van der Waals surface area contributed by atoms with Gasteiger partial charge in [0.15, 0.2) is 0 Å². The first-order chi connectivity index (χ1) is 13.4. The largest absolute Gasteiger partial charge is 0.322 e. The maximum absolute atomic E-state index is 12.7.